The molecule has 19 heavy (non-hydrogen) atoms. The fraction of sp³-hybridized carbons (Fsp3) is 0.667. The summed E-state index contributed by atoms with van der Waals surface area (Å²) in [6.07, 6.45) is 0. The van der Waals surface area contributed by atoms with Crippen molar-refractivity contribution in [1.29, 1.82) is 0 Å². The molecule has 0 aromatic rings. The first kappa shape index (κ1) is 15.6. The van der Waals surface area contributed by atoms with Crippen LogP contribution < -0.4 is 0 Å². The van der Waals surface area contributed by atoms with E-state index in [1.165, 1.54) is 0 Å². The van der Waals surface area contributed by atoms with E-state index in [2.05, 4.69) is 33.5 Å². The highest BCUT2D eigenvalue weighted by Crippen LogP contribution is 2.11. The molecule has 0 aromatic heterocycles. The largest absolute Gasteiger partial charge is 0.347 e. The van der Waals surface area contributed by atoms with Gasteiger partial charge in [-0.05, 0) is 13.8 Å². The first-order valence-corrected chi connectivity index (χ1v) is 6.57. The number of hydrogen-bond acceptors (Lipinski definition) is 3. The third kappa shape index (κ3) is 4.59. The van der Waals surface area contributed by atoms with Gasteiger partial charge >= 0.3 is 0 Å². The average molecular weight is 261 g/mol. The van der Waals surface area contributed by atoms with E-state index in [4.69, 9.17) is 0 Å². The van der Waals surface area contributed by atoms with Crippen molar-refractivity contribution in [2.24, 2.45) is 0 Å². The predicted octanol–water partition coefficient (Wildman–Crippen LogP) is 0.107. The third-order valence-electron chi connectivity index (χ3n) is 3.24. The Kier molecular flexibility index (Phi) is 6.42. The van der Waals surface area contributed by atoms with Gasteiger partial charge in [0.1, 0.15) is 6.04 Å². The van der Waals surface area contributed by atoms with Crippen LogP contribution in [-0.4, -0.2) is 73.5 Å². The number of amides is 1. The molecular formula is C15H23N3O. The Morgan fingerprint density at radius 3 is 2.37 bits per heavy atom. The van der Waals surface area contributed by atoms with Crippen molar-refractivity contribution in [2.75, 3.05) is 46.8 Å². The maximum Gasteiger partial charge on any atom is 0.240 e. The lowest BCUT2D eigenvalue weighted by atomic mass is 10.1. The summed E-state index contributed by atoms with van der Waals surface area (Å²) in [7, 11) is 3.60. The lowest BCUT2D eigenvalue weighted by molar-refractivity contribution is -0.136. The molecule has 1 saturated heterocycles. The van der Waals surface area contributed by atoms with Crippen molar-refractivity contribution in [1.82, 2.24) is 14.7 Å². The molecule has 0 aromatic carbocycles. The fourth-order valence-corrected chi connectivity index (χ4v) is 2.11. The minimum absolute atomic E-state index is 0.108. The first-order chi connectivity index (χ1) is 9.10. The molecule has 1 rings (SSSR count). The Hall–Kier alpha value is -1.49. The standard InChI is InChI=1S/C15H23N3O/c1-5-7-9-17-11-12-18(10-8-6-2)14(13-17)15(19)16(3)4/h14H,9-13H2,1-4H3/t14-/m0/s1. The summed E-state index contributed by atoms with van der Waals surface area (Å²) in [5.74, 6) is 12.1. The molecule has 104 valence electrons. The minimum Gasteiger partial charge on any atom is -0.347 e. The van der Waals surface area contributed by atoms with Gasteiger partial charge in [0.2, 0.25) is 5.91 Å². The van der Waals surface area contributed by atoms with E-state index in [1.54, 1.807) is 19.0 Å². The van der Waals surface area contributed by atoms with Crippen LogP contribution >= 0.6 is 0 Å². The Morgan fingerprint density at radius 2 is 1.79 bits per heavy atom. The summed E-state index contributed by atoms with van der Waals surface area (Å²) in [5.41, 5.74) is 0. The van der Waals surface area contributed by atoms with Gasteiger partial charge in [0.25, 0.3) is 0 Å². The second kappa shape index (κ2) is 7.84. The summed E-state index contributed by atoms with van der Waals surface area (Å²) in [5, 5.41) is 0. The zero-order chi connectivity index (χ0) is 14.3. The van der Waals surface area contributed by atoms with E-state index in [-0.39, 0.29) is 11.9 Å². The van der Waals surface area contributed by atoms with E-state index >= 15 is 0 Å². The number of piperazine rings is 1. The van der Waals surface area contributed by atoms with Crippen LogP contribution in [-0.2, 0) is 4.79 Å². The number of rotatable bonds is 3. The minimum atomic E-state index is -0.108. The molecule has 0 aliphatic carbocycles. The summed E-state index contributed by atoms with van der Waals surface area (Å²) in [6, 6.07) is -0.108. The second-order valence-electron chi connectivity index (χ2n) is 4.81. The highest BCUT2D eigenvalue weighted by Gasteiger charge is 2.32. The quantitative estimate of drug-likeness (QED) is 0.675. The molecule has 0 unspecified atom stereocenters. The van der Waals surface area contributed by atoms with Gasteiger partial charge in [0, 0.05) is 33.7 Å². The molecule has 1 aliphatic rings. The maximum atomic E-state index is 12.3. The van der Waals surface area contributed by atoms with Crippen molar-refractivity contribution in [3.8, 4) is 23.7 Å². The highest BCUT2D eigenvalue weighted by molar-refractivity contribution is 5.81. The van der Waals surface area contributed by atoms with Crippen molar-refractivity contribution in [3.63, 3.8) is 0 Å². The van der Waals surface area contributed by atoms with E-state index in [1.807, 2.05) is 13.8 Å². The molecular weight excluding hydrogens is 238 g/mol. The molecule has 0 bridgehead atoms. The van der Waals surface area contributed by atoms with E-state index in [9.17, 15) is 4.79 Å². The number of nitrogens with zero attached hydrogens (tertiary/aromatic N) is 3. The monoisotopic (exact) mass is 261 g/mol. The van der Waals surface area contributed by atoms with Gasteiger partial charge in [0.05, 0.1) is 13.1 Å². The van der Waals surface area contributed by atoms with E-state index in [0.29, 0.717) is 6.54 Å². The lowest BCUT2D eigenvalue weighted by Gasteiger charge is -2.39. The third-order valence-corrected chi connectivity index (χ3v) is 3.24. The SMILES string of the molecule is CC#CCN1CCN(CC#CC)[C@H](C(=O)N(C)C)C1. The van der Waals surface area contributed by atoms with Crippen LogP contribution in [0.5, 0.6) is 0 Å². The molecule has 0 spiro atoms. The van der Waals surface area contributed by atoms with Crippen LogP contribution in [0.3, 0.4) is 0 Å². The van der Waals surface area contributed by atoms with Gasteiger partial charge in [-0.3, -0.25) is 14.6 Å². The molecule has 4 nitrogen and oxygen atoms in total. The zero-order valence-corrected chi connectivity index (χ0v) is 12.4. The van der Waals surface area contributed by atoms with Crippen LogP contribution in [0.1, 0.15) is 13.8 Å². The molecule has 1 aliphatic heterocycles. The van der Waals surface area contributed by atoms with E-state index < -0.39 is 0 Å². The van der Waals surface area contributed by atoms with Crippen molar-refractivity contribution in [2.45, 2.75) is 19.9 Å². The molecule has 4 heteroatoms. The molecule has 0 saturated carbocycles. The van der Waals surface area contributed by atoms with Gasteiger partial charge < -0.3 is 4.90 Å². The normalized spacial score (nSPS) is 19.9. The smallest absolute Gasteiger partial charge is 0.240 e. The molecule has 0 N–H and O–H groups in total. The van der Waals surface area contributed by atoms with Gasteiger partial charge in [-0.25, -0.2) is 0 Å². The molecule has 1 fully saturated rings. The number of carbonyl (C=O) groups is 1. The molecule has 1 amide bonds. The number of likely N-dealkylation sites (N-methyl/N-ethyl adjacent to an activating group) is 1. The van der Waals surface area contributed by atoms with Crippen molar-refractivity contribution < 1.29 is 4.79 Å². The van der Waals surface area contributed by atoms with Gasteiger partial charge in [-0.1, -0.05) is 11.8 Å². The van der Waals surface area contributed by atoms with Crippen LogP contribution in [0.15, 0.2) is 0 Å². The van der Waals surface area contributed by atoms with Crippen LogP contribution in [0.2, 0.25) is 0 Å². The molecule has 1 heterocycles. The Labute approximate surface area is 116 Å². The summed E-state index contributed by atoms with van der Waals surface area (Å²) >= 11 is 0. The summed E-state index contributed by atoms with van der Waals surface area (Å²) in [4.78, 5) is 18.3. The lowest BCUT2D eigenvalue weighted by Crippen LogP contribution is -2.58. The maximum absolute atomic E-state index is 12.3. The van der Waals surface area contributed by atoms with Gasteiger partial charge in [0.15, 0.2) is 0 Å². The van der Waals surface area contributed by atoms with Crippen LogP contribution in [0.25, 0.3) is 0 Å². The van der Waals surface area contributed by atoms with Gasteiger partial charge in [-0.15, -0.1) is 11.8 Å². The predicted molar refractivity (Wildman–Crippen MR) is 77.4 cm³/mol. The average Bonchev–Trinajstić information content (AvgIpc) is 2.42. The van der Waals surface area contributed by atoms with Crippen molar-refractivity contribution >= 4 is 5.91 Å². The number of hydrogen-bond donors (Lipinski definition) is 0. The summed E-state index contributed by atoms with van der Waals surface area (Å²) in [6.45, 7) is 7.61. The topological polar surface area (TPSA) is 26.8 Å². The Morgan fingerprint density at radius 1 is 1.16 bits per heavy atom. The molecule has 0 radical (unpaired) electrons. The fourth-order valence-electron chi connectivity index (χ4n) is 2.11. The van der Waals surface area contributed by atoms with E-state index in [0.717, 1.165) is 26.2 Å². The Bertz CT molecular complexity index is 422. The Balaban J connectivity index is 2.74. The highest BCUT2D eigenvalue weighted by atomic mass is 16.2. The first-order valence-electron chi connectivity index (χ1n) is 6.57. The van der Waals surface area contributed by atoms with Crippen LogP contribution in [0, 0.1) is 23.7 Å². The van der Waals surface area contributed by atoms with Crippen LogP contribution in [0.4, 0.5) is 0 Å². The summed E-state index contributed by atoms with van der Waals surface area (Å²) < 4.78 is 0. The van der Waals surface area contributed by atoms with Gasteiger partial charge in [-0.2, -0.15) is 0 Å². The molecule has 1 atom stereocenters. The second-order valence-corrected chi connectivity index (χ2v) is 4.81. The number of carbonyl (C=O) groups excluding carboxylic acids is 1. The zero-order valence-electron chi connectivity index (χ0n) is 12.4. The van der Waals surface area contributed by atoms with Crippen molar-refractivity contribution in [3.05, 3.63) is 0 Å².